The van der Waals surface area contributed by atoms with Crippen molar-refractivity contribution in [2.24, 2.45) is 0 Å². The molecule has 0 fully saturated rings. The fourth-order valence-corrected chi connectivity index (χ4v) is 4.74. The third kappa shape index (κ3) is 3.17. The van der Waals surface area contributed by atoms with Crippen LogP contribution in [0.25, 0.3) is 22.3 Å². The van der Waals surface area contributed by atoms with Crippen LogP contribution in [-0.4, -0.2) is 15.0 Å². The van der Waals surface area contributed by atoms with Gasteiger partial charge in [-0.2, -0.15) is 0 Å². The van der Waals surface area contributed by atoms with Gasteiger partial charge in [0.25, 0.3) is 0 Å². The van der Waals surface area contributed by atoms with Crippen LogP contribution in [0.1, 0.15) is 5.56 Å². The first-order valence-electron chi connectivity index (χ1n) is 8.08. The molecule has 1 heterocycles. The second-order valence-electron chi connectivity index (χ2n) is 5.87. The summed E-state index contributed by atoms with van der Waals surface area (Å²) in [6, 6.07) is 25.7. The topological polar surface area (TPSA) is 30.2 Å². The second-order valence-corrected chi connectivity index (χ2v) is 8.14. The van der Waals surface area contributed by atoms with Gasteiger partial charge in [-0.15, -0.1) is 0 Å². The molecule has 0 spiro atoms. The average Bonchev–Trinajstić information content (AvgIpc) is 2.66. The Kier molecular flexibility index (Phi) is 4.27. The summed E-state index contributed by atoms with van der Waals surface area (Å²) in [5.41, 5.74) is 2.86. The van der Waals surface area contributed by atoms with Crippen molar-refractivity contribution in [1.82, 2.24) is 0 Å². The van der Waals surface area contributed by atoms with E-state index in [1.165, 1.54) is 5.56 Å². The van der Waals surface area contributed by atoms with Crippen LogP contribution in [0.2, 0.25) is 0 Å². The minimum absolute atomic E-state index is 0.0706. The zero-order valence-electron chi connectivity index (χ0n) is 13.7. The summed E-state index contributed by atoms with van der Waals surface area (Å²) in [4.78, 5) is 13.1. The van der Waals surface area contributed by atoms with E-state index in [0.717, 1.165) is 14.5 Å². The Labute approximate surface area is 152 Å². The predicted octanol–water partition coefficient (Wildman–Crippen LogP) is 3.42. The molecular weight excluding hydrogens is 375 g/mol. The fourth-order valence-electron chi connectivity index (χ4n) is 2.72. The molecule has 0 saturated heterocycles. The van der Waals surface area contributed by atoms with Crippen molar-refractivity contribution in [2.75, 3.05) is 0 Å². The van der Waals surface area contributed by atoms with Gasteiger partial charge in [-0.1, -0.05) is 0 Å². The Bertz CT molecular complexity index is 1080. The summed E-state index contributed by atoms with van der Waals surface area (Å²) in [6.07, 6.45) is 0. The summed E-state index contributed by atoms with van der Waals surface area (Å²) < 4.78 is 8.10. The normalized spacial score (nSPS) is 10.9. The molecule has 4 aromatic rings. The SMILES string of the molecule is Cc1ccc([Se]c2c(-c3ccccc3)oc3ccccc3c2=O)cc1. The molecule has 2 nitrogen and oxygen atoms in total. The van der Waals surface area contributed by atoms with Gasteiger partial charge in [-0.3, -0.25) is 0 Å². The number of hydrogen-bond donors (Lipinski definition) is 0. The van der Waals surface area contributed by atoms with Gasteiger partial charge < -0.3 is 0 Å². The summed E-state index contributed by atoms with van der Waals surface area (Å²) in [6.45, 7) is 2.07. The molecule has 122 valence electrons. The maximum absolute atomic E-state index is 13.1. The van der Waals surface area contributed by atoms with E-state index < -0.39 is 0 Å². The molecule has 3 aromatic carbocycles. The van der Waals surface area contributed by atoms with E-state index in [1.807, 2.05) is 54.6 Å². The average molecular weight is 391 g/mol. The Balaban J connectivity index is 1.95. The van der Waals surface area contributed by atoms with Crippen molar-refractivity contribution in [3.05, 3.63) is 94.6 Å². The second kappa shape index (κ2) is 6.72. The number of fused-ring (bicyclic) bond motifs is 1. The van der Waals surface area contributed by atoms with Gasteiger partial charge in [0, 0.05) is 0 Å². The van der Waals surface area contributed by atoms with Crippen molar-refractivity contribution in [3.63, 3.8) is 0 Å². The summed E-state index contributed by atoms with van der Waals surface area (Å²) >= 11 is -0.122. The maximum atomic E-state index is 13.1. The quantitative estimate of drug-likeness (QED) is 0.501. The molecule has 0 amide bonds. The van der Waals surface area contributed by atoms with E-state index in [2.05, 4.69) is 31.2 Å². The van der Waals surface area contributed by atoms with Crippen LogP contribution in [0, 0.1) is 6.92 Å². The number of aryl methyl sites for hydroxylation is 1. The van der Waals surface area contributed by atoms with Crippen molar-refractivity contribution in [3.8, 4) is 11.3 Å². The summed E-state index contributed by atoms with van der Waals surface area (Å²) in [7, 11) is 0. The zero-order valence-corrected chi connectivity index (χ0v) is 15.4. The molecule has 0 aliphatic carbocycles. The van der Waals surface area contributed by atoms with Crippen LogP contribution >= 0.6 is 0 Å². The van der Waals surface area contributed by atoms with E-state index in [9.17, 15) is 4.79 Å². The first-order valence-corrected chi connectivity index (χ1v) is 9.79. The summed E-state index contributed by atoms with van der Waals surface area (Å²) in [5, 5.41) is 0.645. The van der Waals surface area contributed by atoms with Gasteiger partial charge in [0.15, 0.2) is 0 Å². The van der Waals surface area contributed by atoms with Crippen molar-refractivity contribution < 1.29 is 4.42 Å². The Hall–Kier alpha value is -2.61. The number of benzene rings is 3. The molecule has 0 atom stereocenters. The molecule has 1 aromatic heterocycles. The molecule has 0 aliphatic rings. The molecule has 0 saturated carbocycles. The van der Waals surface area contributed by atoms with Crippen LogP contribution in [-0.2, 0) is 0 Å². The van der Waals surface area contributed by atoms with E-state index >= 15 is 0 Å². The van der Waals surface area contributed by atoms with E-state index in [0.29, 0.717) is 16.7 Å². The predicted molar refractivity (Wildman–Crippen MR) is 104 cm³/mol. The van der Waals surface area contributed by atoms with Crippen LogP contribution in [0.5, 0.6) is 0 Å². The Morgan fingerprint density at radius 1 is 0.800 bits per heavy atom. The van der Waals surface area contributed by atoms with Crippen LogP contribution in [0.3, 0.4) is 0 Å². The van der Waals surface area contributed by atoms with Gasteiger partial charge in [0.1, 0.15) is 0 Å². The van der Waals surface area contributed by atoms with Gasteiger partial charge >= 0.3 is 152 Å². The van der Waals surface area contributed by atoms with Gasteiger partial charge in [-0.25, -0.2) is 0 Å². The zero-order chi connectivity index (χ0) is 17.2. The van der Waals surface area contributed by atoms with Crippen LogP contribution in [0.15, 0.2) is 88.1 Å². The first kappa shape index (κ1) is 15.9. The molecule has 4 rings (SSSR count). The van der Waals surface area contributed by atoms with E-state index in [4.69, 9.17) is 4.42 Å². The van der Waals surface area contributed by atoms with Crippen LogP contribution < -0.4 is 14.4 Å². The number of hydrogen-bond acceptors (Lipinski definition) is 2. The van der Waals surface area contributed by atoms with E-state index in [1.54, 1.807) is 0 Å². The van der Waals surface area contributed by atoms with Crippen molar-refractivity contribution in [1.29, 1.82) is 0 Å². The van der Waals surface area contributed by atoms with Crippen LogP contribution in [0.4, 0.5) is 0 Å². The van der Waals surface area contributed by atoms with E-state index in [-0.39, 0.29) is 20.4 Å². The first-order chi connectivity index (χ1) is 12.2. The van der Waals surface area contributed by atoms with Crippen molar-refractivity contribution >= 4 is 34.8 Å². The Morgan fingerprint density at radius 2 is 1.48 bits per heavy atom. The molecule has 0 radical (unpaired) electrons. The molecular formula is C22H16O2Se. The monoisotopic (exact) mass is 392 g/mol. The van der Waals surface area contributed by atoms with Gasteiger partial charge in [-0.05, 0) is 0 Å². The molecule has 0 unspecified atom stereocenters. The minimum atomic E-state index is -0.122. The number of para-hydroxylation sites is 1. The Morgan fingerprint density at radius 3 is 2.24 bits per heavy atom. The van der Waals surface area contributed by atoms with Gasteiger partial charge in [0.2, 0.25) is 0 Å². The molecule has 0 bridgehead atoms. The fraction of sp³-hybridized carbons (Fsp3) is 0.0455. The van der Waals surface area contributed by atoms with Crippen molar-refractivity contribution in [2.45, 2.75) is 6.92 Å². The third-order valence-electron chi connectivity index (χ3n) is 4.03. The van der Waals surface area contributed by atoms with Gasteiger partial charge in [0.05, 0.1) is 0 Å². The molecule has 3 heteroatoms. The molecule has 25 heavy (non-hydrogen) atoms. The molecule has 0 aliphatic heterocycles. The number of rotatable bonds is 3. The third-order valence-corrected chi connectivity index (χ3v) is 6.30. The standard InChI is InChI=1S/C22H16O2Se/c1-15-11-13-17(14-12-15)25-22-20(23)18-9-5-6-10-19(18)24-21(22)16-7-3-2-4-8-16/h2-14H,1H3. The molecule has 0 N–H and O–H groups in total. The summed E-state index contributed by atoms with van der Waals surface area (Å²) in [5.74, 6) is 0.685.